The number of rotatable bonds is 3. The first-order valence-corrected chi connectivity index (χ1v) is 10.3. The van der Waals surface area contributed by atoms with Crippen LogP contribution in [0.4, 0.5) is 0 Å². The maximum Gasteiger partial charge on any atom is 0.274 e. The molecular formula is C20H27N3OS. The van der Waals surface area contributed by atoms with E-state index < -0.39 is 0 Å². The van der Waals surface area contributed by atoms with Gasteiger partial charge in [-0.05, 0) is 69.5 Å². The minimum absolute atomic E-state index is 0.0913. The number of thiophene rings is 1. The number of fused-ring (bicyclic) bond motifs is 1. The summed E-state index contributed by atoms with van der Waals surface area (Å²) >= 11 is 1.82. The molecule has 2 aromatic heterocycles. The van der Waals surface area contributed by atoms with Crippen LogP contribution in [-0.2, 0) is 12.0 Å². The summed E-state index contributed by atoms with van der Waals surface area (Å²) in [6.07, 6.45) is 4.35. The van der Waals surface area contributed by atoms with Gasteiger partial charge in [0.05, 0.1) is 11.6 Å². The molecule has 1 saturated carbocycles. The fourth-order valence-electron chi connectivity index (χ4n) is 3.93. The van der Waals surface area contributed by atoms with E-state index >= 15 is 0 Å². The van der Waals surface area contributed by atoms with Gasteiger partial charge in [-0.3, -0.25) is 9.48 Å². The Morgan fingerprint density at radius 3 is 2.76 bits per heavy atom. The maximum absolute atomic E-state index is 13.3. The van der Waals surface area contributed by atoms with Crippen LogP contribution in [0.3, 0.4) is 0 Å². The topological polar surface area (TPSA) is 38.1 Å². The molecule has 4 rings (SSSR count). The second kappa shape index (κ2) is 5.97. The molecule has 1 aliphatic heterocycles. The smallest absolute Gasteiger partial charge is 0.274 e. The third kappa shape index (κ3) is 2.92. The van der Waals surface area contributed by atoms with Crippen molar-refractivity contribution in [1.82, 2.24) is 14.7 Å². The van der Waals surface area contributed by atoms with Crippen molar-refractivity contribution >= 4 is 17.2 Å². The van der Waals surface area contributed by atoms with Gasteiger partial charge in [-0.15, -0.1) is 11.3 Å². The summed E-state index contributed by atoms with van der Waals surface area (Å²) < 4.78 is 2.08. The molecule has 0 spiro atoms. The molecule has 0 bridgehead atoms. The van der Waals surface area contributed by atoms with Gasteiger partial charge in [0.2, 0.25) is 0 Å². The minimum Gasteiger partial charge on any atom is -0.330 e. The summed E-state index contributed by atoms with van der Waals surface area (Å²) in [5, 5.41) is 6.91. The number of carbonyl (C=O) groups excluding carboxylic acids is 1. The van der Waals surface area contributed by atoms with Crippen LogP contribution in [0.5, 0.6) is 0 Å². The molecule has 0 aromatic carbocycles. The number of carbonyl (C=O) groups is 1. The number of aromatic nitrogens is 2. The summed E-state index contributed by atoms with van der Waals surface area (Å²) in [7, 11) is 0. The van der Waals surface area contributed by atoms with E-state index in [0.717, 1.165) is 19.4 Å². The highest BCUT2D eigenvalue weighted by Gasteiger charge is 2.36. The monoisotopic (exact) mass is 357 g/mol. The quantitative estimate of drug-likeness (QED) is 0.797. The lowest BCUT2D eigenvalue weighted by atomic mass is 9.97. The highest BCUT2D eigenvalue weighted by Crippen LogP contribution is 2.42. The van der Waals surface area contributed by atoms with Gasteiger partial charge in [-0.25, -0.2) is 0 Å². The van der Waals surface area contributed by atoms with Crippen molar-refractivity contribution in [2.24, 2.45) is 0 Å². The predicted molar refractivity (Wildman–Crippen MR) is 101 cm³/mol. The molecule has 0 N–H and O–H groups in total. The van der Waals surface area contributed by atoms with Crippen LogP contribution in [-0.4, -0.2) is 27.1 Å². The van der Waals surface area contributed by atoms with Crippen LogP contribution >= 0.6 is 11.3 Å². The first-order chi connectivity index (χ1) is 11.9. The molecule has 0 saturated heterocycles. The average molecular weight is 358 g/mol. The first-order valence-electron chi connectivity index (χ1n) is 9.37. The van der Waals surface area contributed by atoms with Gasteiger partial charge >= 0.3 is 0 Å². The van der Waals surface area contributed by atoms with Gasteiger partial charge in [0.25, 0.3) is 5.91 Å². The second-order valence-electron chi connectivity index (χ2n) is 8.28. The zero-order chi connectivity index (χ0) is 17.8. The van der Waals surface area contributed by atoms with E-state index in [4.69, 9.17) is 5.10 Å². The van der Waals surface area contributed by atoms with E-state index in [9.17, 15) is 4.79 Å². The van der Waals surface area contributed by atoms with Gasteiger partial charge < -0.3 is 4.90 Å². The Labute approximate surface area is 153 Å². The molecule has 1 fully saturated rings. The van der Waals surface area contributed by atoms with E-state index in [2.05, 4.69) is 49.9 Å². The number of hydrogen-bond donors (Lipinski definition) is 0. The molecular weight excluding hydrogens is 330 g/mol. The Morgan fingerprint density at radius 2 is 2.12 bits per heavy atom. The predicted octanol–water partition coefficient (Wildman–Crippen LogP) is 4.73. The van der Waals surface area contributed by atoms with E-state index in [1.807, 2.05) is 16.2 Å². The van der Waals surface area contributed by atoms with Crippen LogP contribution in [0.15, 0.2) is 17.5 Å². The Balaban J connectivity index is 1.67. The molecule has 134 valence electrons. The van der Waals surface area contributed by atoms with Crippen molar-refractivity contribution in [2.45, 2.75) is 70.9 Å². The molecule has 0 radical (unpaired) electrons. The van der Waals surface area contributed by atoms with Gasteiger partial charge in [0.15, 0.2) is 5.69 Å². The van der Waals surface area contributed by atoms with Crippen LogP contribution in [0.2, 0.25) is 0 Å². The lowest BCUT2D eigenvalue weighted by Crippen LogP contribution is -2.39. The fraction of sp³-hybridized carbons (Fsp3) is 0.600. The number of amides is 1. The Bertz CT molecular complexity index is 794. The molecule has 1 aliphatic carbocycles. The largest absolute Gasteiger partial charge is 0.330 e. The van der Waals surface area contributed by atoms with Crippen LogP contribution in [0.1, 0.15) is 85.5 Å². The molecule has 1 atom stereocenters. The zero-order valence-electron chi connectivity index (χ0n) is 15.6. The third-order valence-electron chi connectivity index (χ3n) is 5.33. The average Bonchev–Trinajstić information content (AvgIpc) is 3.12. The van der Waals surface area contributed by atoms with Crippen LogP contribution in [0, 0.1) is 0 Å². The lowest BCUT2D eigenvalue weighted by molar-refractivity contribution is 0.0649. The molecule has 3 heterocycles. The lowest BCUT2D eigenvalue weighted by Gasteiger charge is -2.35. The van der Waals surface area contributed by atoms with Crippen molar-refractivity contribution in [1.29, 1.82) is 0 Å². The van der Waals surface area contributed by atoms with Crippen molar-refractivity contribution in [3.63, 3.8) is 0 Å². The van der Waals surface area contributed by atoms with E-state index in [1.54, 1.807) is 0 Å². The van der Waals surface area contributed by atoms with Gasteiger partial charge in [0.1, 0.15) is 0 Å². The molecule has 1 amide bonds. The Morgan fingerprint density at radius 1 is 1.36 bits per heavy atom. The minimum atomic E-state index is -0.0942. The molecule has 2 aromatic rings. The maximum atomic E-state index is 13.3. The highest BCUT2D eigenvalue weighted by atomic mass is 32.1. The van der Waals surface area contributed by atoms with E-state index in [1.165, 1.54) is 29.0 Å². The van der Waals surface area contributed by atoms with Crippen molar-refractivity contribution in [2.75, 3.05) is 6.54 Å². The summed E-state index contributed by atoms with van der Waals surface area (Å²) in [5.41, 5.74) is 3.10. The van der Waals surface area contributed by atoms with Gasteiger partial charge in [-0.2, -0.15) is 5.10 Å². The zero-order valence-corrected chi connectivity index (χ0v) is 16.4. The van der Waals surface area contributed by atoms with E-state index in [-0.39, 0.29) is 17.5 Å². The molecule has 0 unspecified atom stereocenters. The molecule has 5 heteroatoms. The summed E-state index contributed by atoms with van der Waals surface area (Å²) in [6, 6.07) is 4.43. The summed E-state index contributed by atoms with van der Waals surface area (Å²) in [6.45, 7) is 9.45. The highest BCUT2D eigenvalue weighted by molar-refractivity contribution is 7.10. The van der Waals surface area contributed by atoms with Crippen LogP contribution in [0.25, 0.3) is 0 Å². The fourth-order valence-corrected chi connectivity index (χ4v) is 4.86. The van der Waals surface area contributed by atoms with Gasteiger partial charge in [-0.1, -0.05) is 6.92 Å². The standard InChI is InChI=1S/C20H27N3OS/c1-5-16-14-9-11-25-18(14)8-10-22(16)19(24)15-12-17(13-6-7-13)23(21-15)20(2,3)4/h9,11-13,16H,5-8,10H2,1-4H3/t16-/m0/s1. The van der Waals surface area contributed by atoms with Crippen molar-refractivity contribution < 1.29 is 4.79 Å². The number of nitrogens with zero attached hydrogens (tertiary/aromatic N) is 3. The van der Waals surface area contributed by atoms with Crippen molar-refractivity contribution in [3.05, 3.63) is 39.3 Å². The third-order valence-corrected chi connectivity index (χ3v) is 6.33. The van der Waals surface area contributed by atoms with E-state index in [0.29, 0.717) is 11.6 Å². The van der Waals surface area contributed by atoms with Crippen LogP contribution < -0.4 is 0 Å². The van der Waals surface area contributed by atoms with Gasteiger partial charge in [0, 0.05) is 23.0 Å². The molecule has 25 heavy (non-hydrogen) atoms. The molecule has 4 nitrogen and oxygen atoms in total. The first kappa shape index (κ1) is 16.8. The van der Waals surface area contributed by atoms with Crippen molar-refractivity contribution in [3.8, 4) is 0 Å². The Kier molecular flexibility index (Phi) is 4.02. The summed E-state index contributed by atoms with van der Waals surface area (Å²) in [5.74, 6) is 0.675. The SMILES string of the molecule is CC[C@H]1c2ccsc2CCN1C(=O)c1cc(C2CC2)n(C(C)(C)C)n1. The normalized spacial score (nSPS) is 20.6. The summed E-state index contributed by atoms with van der Waals surface area (Å²) in [4.78, 5) is 16.8. The number of hydrogen-bond acceptors (Lipinski definition) is 3. The molecule has 2 aliphatic rings. The Hall–Kier alpha value is -1.62. The second-order valence-corrected chi connectivity index (χ2v) is 9.28.